The highest BCUT2D eigenvalue weighted by Crippen LogP contribution is 2.30. The number of aromatic nitrogens is 4. The Morgan fingerprint density at radius 2 is 1.75 bits per heavy atom. The van der Waals surface area contributed by atoms with Gasteiger partial charge in [-0.3, -0.25) is 14.3 Å². The molecule has 0 unspecified atom stereocenters. The number of carbonyl (C=O) groups excluding carboxylic acids is 2. The molecular formula is C29H28N8O3. The standard InChI is InChI=1S/C29H28N8O3/c1-29(2,26(30)38)36-19-24(18-33-36)34-27-31-16-21(17-32-27)12-11-20-7-6-10-23(15-20)35-28(39)37-25(13-14-40-37)22-8-4-3-5-9-22/h3-10,15-19,25H,13-14H2,1-2H3,(H2,30,38)(H,35,39)(H,31,32,34)/t25-/m0/s1. The van der Waals surface area contributed by atoms with Gasteiger partial charge in [0.05, 0.1) is 30.1 Å². The molecule has 11 nitrogen and oxygen atoms in total. The summed E-state index contributed by atoms with van der Waals surface area (Å²) in [6.45, 7) is 3.85. The van der Waals surface area contributed by atoms with Gasteiger partial charge in [0, 0.05) is 36.3 Å². The monoisotopic (exact) mass is 536 g/mol. The number of nitrogens with two attached hydrogens (primary N) is 1. The summed E-state index contributed by atoms with van der Waals surface area (Å²) in [6, 6.07) is 16.6. The first-order valence-corrected chi connectivity index (χ1v) is 12.6. The first-order chi connectivity index (χ1) is 19.3. The van der Waals surface area contributed by atoms with Crippen LogP contribution in [0.5, 0.6) is 0 Å². The van der Waals surface area contributed by atoms with Crippen molar-refractivity contribution in [3.8, 4) is 11.8 Å². The molecule has 0 bridgehead atoms. The van der Waals surface area contributed by atoms with Gasteiger partial charge in [-0.1, -0.05) is 48.2 Å². The van der Waals surface area contributed by atoms with Gasteiger partial charge >= 0.3 is 6.03 Å². The molecule has 11 heteroatoms. The van der Waals surface area contributed by atoms with Gasteiger partial charge in [-0.25, -0.2) is 14.8 Å². The Hall–Kier alpha value is -5.21. The van der Waals surface area contributed by atoms with Crippen LogP contribution in [-0.4, -0.2) is 43.4 Å². The van der Waals surface area contributed by atoms with Gasteiger partial charge in [0.1, 0.15) is 5.54 Å². The van der Waals surface area contributed by atoms with Gasteiger partial charge < -0.3 is 16.4 Å². The van der Waals surface area contributed by atoms with Crippen LogP contribution in [0.2, 0.25) is 0 Å². The molecule has 1 fully saturated rings. The van der Waals surface area contributed by atoms with Crippen LogP contribution in [-0.2, 0) is 15.2 Å². The molecule has 4 N–H and O–H groups in total. The summed E-state index contributed by atoms with van der Waals surface area (Å²) in [5, 5.41) is 11.5. The SMILES string of the molecule is CC(C)(C(N)=O)n1cc(Nc2ncc(C#Cc3cccc(NC(=O)N4OCC[C@H]4c4ccccc4)c3)cn2)cn1. The van der Waals surface area contributed by atoms with E-state index in [1.165, 1.54) is 9.75 Å². The van der Waals surface area contributed by atoms with Gasteiger partial charge in [-0.2, -0.15) is 10.2 Å². The topological polar surface area (TPSA) is 140 Å². The predicted molar refractivity (Wildman–Crippen MR) is 149 cm³/mol. The third-order valence-electron chi connectivity index (χ3n) is 6.42. The third-order valence-corrected chi connectivity index (χ3v) is 6.42. The number of carbonyl (C=O) groups is 2. The molecule has 3 heterocycles. The van der Waals surface area contributed by atoms with Gasteiger partial charge in [-0.05, 0) is 37.6 Å². The van der Waals surface area contributed by atoms with Crippen LogP contribution in [0.15, 0.2) is 79.4 Å². The van der Waals surface area contributed by atoms with Crippen molar-refractivity contribution in [2.24, 2.45) is 5.73 Å². The highest BCUT2D eigenvalue weighted by molar-refractivity contribution is 5.89. The molecule has 0 saturated carbocycles. The van der Waals surface area contributed by atoms with E-state index in [4.69, 9.17) is 10.6 Å². The number of rotatable bonds is 6. The van der Waals surface area contributed by atoms with E-state index in [0.717, 1.165) is 12.0 Å². The number of urea groups is 1. The Balaban J connectivity index is 1.21. The fourth-order valence-corrected chi connectivity index (χ4v) is 4.04. The lowest BCUT2D eigenvalue weighted by atomic mass is 10.1. The maximum atomic E-state index is 12.9. The van der Waals surface area contributed by atoms with Crippen LogP contribution in [0, 0.1) is 11.8 Å². The van der Waals surface area contributed by atoms with Crippen molar-refractivity contribution in [1.29, 1.82) is 0 Å². The molecule has 4 aromatic rings. The van der Waals surface area contributed by atoms with Crippen LogP contribution in [0.1, 0.15) is 43.0 Å². The molecule has 1 aliphatic heterocycles. The number of anilines is 3. The van der Waals surface area contributed by atoms with Gasteiger partial charge in [-0.15, -0.1) is 0 Å². The fourth-order valence-electron chi connectivity index (χ4n) is 4.04. The molecule has 0 radical (unpaired) electrons. The summed E-state index contributed by atoms with van der Waals surface area (Å²) in [5.74, 6) is 5.97. The van der Waals surface area contributed by atoms with Gasteiger partial charge in [0.25, 0.3) is 0 Å². The summed E-state index contributed by atoms with van der Waals surface area (Å²) >= 11 is 0. The van der Waals surface area contributed by atoms with E-state index >= 15 is 0 Å². The Labute approximate surface area is 231 Å². The lowest BCUT2D eigenvalue weighted by Crippen LogP contribution is -2.41. The number of primary amides is 1. The Morgan fingerprint density at radius 1 is 1.00 bits per heavy atom. The zero-order valence-corrected chi connectivity index (χ0v) is 22.0. The lowest BCUT2D eigenvalue weighted by Gasteiger charge is -2.23. The van der Waals surface area contributed by atoms with E-state index in [0.29, 0.717) is 35.1 Å². The van der Waals surface area contributed by atoms with E-state index in [-0.39, 0.29) is 12.1 Å². The normalized spacial score (nSPS) is 14.8. The summed E-state index contributed by atoms with van der Waals surface area (Å²) in [6.07, 6.45) is 7.15. The third kappa shape index (κ3) is 5.92. The fraction of sp³-hybridized carbons (Fsp3) is 0.207. The van der Waals surface area contributed by atoms with Crippen LogP contribution in [0.4, 0.5) is 22.1 Å². The number of hydrogen-bond acceptors (Lipinski definition) is 7. The van der Waals surface area contributed by atoms with Crippen molar-refractivity contribution in [2.45, 2.75) is 31.8 Å². The number of nitrogens with one attached hydrogen (secondary N) is 2. The summed E-state index contributed by atoms with van der Waals surface area (Å²) in [5.41, 5.74) is 8.06. The molecule has 1 atom stereocenters. The van der Waals surface area contributed by atoms with E-state index in [9.17, 15) is 9.59 Å². The lowest BCUT2D eigenvalue weighted by molar-refractivity contribution is -0.125. The number of hydroxylamine groups is 2. The van der Waals surface area contributed by atoms with Gasteiger partial charge in [0.2, 0.25) is 11.9 Å². The minimum atomic E-state index is -0.965. The molecule has 0 aliphatic carbocycles. The largest absolute Gasteiger partial charge is 0.368 e. The number of amides is 3. The van der Waals surface area contributed by atoms with Crippen molar-refractivity contribution in [1.82, 2.24) is 24.8 Å². The van der Waals surface area contributed by atoms with Crippen LogP contribution in [0.25, 0.3) is 0 Å². The number of benzene rings is 2. The number of hydrogen-bond donors (Lipinski definition) is 3. The van der Waals surface area contributed by atoms with Gasteiger partial charge in [0.15, 0.2) is 0 Å². The maximum Gasteiger partial charge on any atom is 0.346 e. The molecule has 5 rings (SSSR count). The first-order valence-electron chi connectivity index (χ1n) is 12.6. The Morgan fingerprint density at radius 3 is 2.50 bits per heavy atom. The summed E-state index contributed by atoms with van der Waals surface area (Å²) < 4.78 is 1.48. The minimum Gasteiger partial charge on any atom is -0.368 e. The minimum absolute atomic E-state index is 0.139. The first kappa shape index (κ1) is 26.4. The molecule has 202 valence electrons. The van der Waals surface area contributed by atoms with Crippen LogP contribution < -0.4 is 16.4 Å². The molecule has 1 aliphatic rings. The van der Waals surface area contributed by atoms with E-state index in [1.54, 1.807) is 50.8 Å². The number of nitrogens with zero attached hydrogens (tertiary/aromatic N) is 5. The van der Waals surface area contributed by atoms with Crippen molar-refractivity contribution in [2.75, 3.05) is 17.2 Å². The average Bonchev–Trinajstić information content (AvgIpc) is 3.64. The maximum absolute atomic E-state index is 12.9. The second kappa shape index (κ2) is 11.3. The zero-order chi connectivity index (χ0) is 28.1. The summed E-state index contributed by atoms with van der Waals surface area (Å²) in [7, 11) is 0. The van der Waals surface area contributed by atoms with E-state index in [2.05, 4.69) is 37.5 Å². The van der Waals surface area contributed by atoms with E-state index < -0.39 is 11.4 Å². The van der Waals surface area contributed by atoms with Crippen molar-refractivity contribution < 1.29 is 14.4 Å². The van der Waals surface area contributed by atoms with Crippen molar-refractivity contribution in [3.63, 3.8) is 0 Å². The van der Waals surface area contributed by atoms with Crippen molar-refractivity contribution in [3.05, 3.63) is 96.1 Å². The average molecular weight is 537 g/mol. The Bertz CT molecular complexity index is 1570. The van der Waals surface area contributed by atoms with Crippen LogP contribution >= 0.6 is 0 Å². The predicted octanol–water partition coefficient (Wildman–Crippen LogP) is 3.95. The Kier molecular flexibility index (Phi) is 7.43. The van der Waals surface area contributed by atoms with Crippen LogP contribution in [0.3, 0.4) is 0 Å². The molecule has 3 amide bonds. The molecule has 40 heavy (non-hydrogen) atoms. The molecule has 0 spiro atoms. The second-order valence-electron chi connectivity index (χ2n) is 9.65. The summed E-state index contributed by atoms with van der Waals surface area (Å²) in [4.78, 5) is 38.8. The quantitative estimate of drug-likeness (QED) is 0.317. The smallest absolute Gasteiger partial charge is 0.346 e. The zero-order valence-electron chi connectivity index (χ0n) is 22.0. The second-order valence-corrected chi connectivity index (χ2v) is 9.65. The molecular weight excluding hydrogens is 508 g/mol. The molecule has 2 aromatic carbocycles. The highest BCUT2D eigenvalue weighted by Gasteiger charge is 2.32. The van der Waals surface area contributed by atoms with E-state index in [1.807, 2.05) is 42.5 Å². The molecule has 1 saturated heterocycles. The van der Waals surface area contributed by atoms with Crippen molar-refractivity contribution >= 4 is 29.3 Å². The highest BCUT2D eigenvalue weighted by atomic mass is 16.7. The molecule has 2 aromatic heterocycles.